The van der Waals surface area contributed by atoms with Crippen molar-refractivity contribution < 1.29 is 16.1 Å². The number of amides is 1. The van der Waals surface area contributed by atoms with E-state index in [0.717, 1.165) is 32.2 Å². The van der Waals surface area contributed by atoms with Gasteiger partial charge >= 0.3 is 6.09 Å². The second-order valence-corrected chi connectivity index (χ2v) is 7.38. The molecular weight excluding hydrogens is 280 g/mol. The lowest BCUT2D eigenvalue weighted by Gasteiger charge is -2.33. The van der Waals surface area contributed by atoms with E-state index in [1.165, 1.54) is 0 Å². The van der Waals surface area contributed by atoms with Crippen molar-refractivity contribution in [1.82, 2.24) is 10.2 Å². The zero-order valence-electron chi connectivity index (χ0n) is 14.9. The van der Waals surface area contributed by atoms with E-state index in [1.807, 2.05) is 13.8 Å². The zero-order valence-corrected chi connectivity index (χ0v) is 14.9. The van der Waals surface area contributed by atoms with Crippen molar-refractivity contribution in [2.45, 2.75) is 71.9 Å². The van der Waals surface area contributed by atoms with E-state index in [-0.39, 0.29) is 31.1 Å². The molecule has 0 aromatic carbocycles. The summed E-state index contributed by atoms with van der Waals surface area (Å²) >= 11 is 0. The molecule has 2 rings (SSSR count). The molecule has 2 fully saturated rings. The van der Waals surface area contributed by atoms with Gasteiger partial charge in [0.05, 0.1) is 6.61 Å². The van der Waals surface area contributed by atoms with E-state index in [9.17, 15) is 9.90 Å². The zero-order chi connectivity index (χ0) is 16.8. The van der Waals surface area contributed by atoms with Crippen molar-refractivity contribution in [3.63, 3.8) is 0 Å². The number of ether oxygens (including phenoxy) is 1. The number of carbonyl (C=O) groups is 1. The molecule has 2 saturated heterocycles. The van der Waals surface area contributed by atoms with E-state index in [2.05, 4.69) is 31.0 Å². The molecule has 132 valence electrons. The Bertz CT molecular complexity index is 360. The molecule has 2 aliphatic heterocycles. The standard InChI is InChI=1S/C15H28N2O3.C2H6.H2/c1-14(2,3)10-16-13(19)20-9-12-5-7-15(11-18)6-4-8-17(12)15;1-2;/h12,18H,4-11H2,1-3H3,(H,16,19);1-2H3;1H. The lowest BCUT2D eigenvalue weighted by atomic mass is 9.95. The number of carbonyl (C=O) groups excluding carboxylic acids is 1. The number of rotatable bonds is 4. The molecule has 0 radical (unpaired) electrons. The van der Waals surface area contributed by atoms with Gasteiger partial charge in [0, 0.05) is 19.6 Å². The maximum absolute atomic E-state index is 11.7. The molecule has 0 saturated carbocycles. The Kier molecular flexibility index (Phi) is 7.13. The molecule has 1 amide bonds. The van der Waals surface area contributed by atoms with Crippen molar-refractivity contribution in [3.05, 3.63) is 0 Å². The lowest BCUT2D eigenvalue weighted by molar-refractivity contribution is 0.0503. The van der Waals surface area contributed by atoms with Crippen LogP contribution < -0.4 is 5.32 Å². The van der Waals surface area contributed by atoms with Gasteiger partial charge in [-0.05, 0) is 37.6 Å². The molecule has 5 heteroatoms. The van der Waals surface area contributed by atoms with Crippen LogP contribution in [0.3, 0.4) is 0 Å². The minimum absolute atomic E-state index is 0. The highest BCUT2D eigenvalue weighted by Crippen LogP contribution is 2.41. The third-order valence-corrected chi connectivity index (χ3v) is 4.50. The van der Waals surface area contributed by atoms with Gasteiger partial charge in [-0.3, -0.25) is 4.90 Å². The summed E-state index contributed by atoms with van der Waals surface area (Å²) in [6.45, 7) is 12.5. The normalized spacial score (nSPS) is 27.8. The van der Waals surface area contributed by atoms with Crippen LogP contribution >= 0.6 is 0 Å². The smallest absolute Gasteiger partial charge is 0.407 e. The van der Waals surface area contributed by atoms with E-state index in [0.29, 0.717) is 13.2 Å². The number of hydrogen-bond acceptors (Lipinski definition) is 4. The Morgan fingerprint density at radius 1 is 1.41 bits per heavy atom. The molecule has 0 spiro atoms. The first kappa shape index (κ1) is 19.2. The average Bonchev–Trinajstić information content (AvgIpc) is 3.04. The summed E-state index contributed by atoms with van der Waals surface area (Å²) in [4.78, 5) is 14.0. The molecule has 2 heterocycles. The predicted molar refractivity (Wildman–Crippen MR) is 91.0 cm³/mol. The Labute approximate surface area is 136 Å². The van der Waals surface area contributed by atoms with Crippen LogP contribution in [0.2, 0.25) is 0 Å². The molecular formula is C17H36N2O3. The molecule has 0 aromatic heterocycles. The maximum Gasteiger partial charge on any atom is 0.407 e. The van der Waals surface area contributed by atoms with Crippen LogP contribution in [0, 0.1) is 5.41 Å². The molecule has 0 bridgehead atoms. The van der Waals surface area contributed by atoms with Crippen LogP contribution in [0.15, 0.2) is 0 Å². The van der Waals surface area contributed by atoms with Crippen molar-refractivity contribution in [2.24, 2.45) is 5.41 Å². The van der Waals surface area contributed by atoms with Crippen LogP contribution in [0.4, 0.5) is 4.79 Å². The van der Waals surface area contributed by atoms with Crippen molar-refractivity contribution >= 4 is 6.09 Å². The Hall–Kier alpha value is -0.810. The second-order valence-electron chi connectivity index (χ2n) is 7.38. The fourth-order valence-corrected chi connectivity index (χ4v) is 3.37. The van der Waals surface area contributed by atoms with Crippen LogP contribution in [-0.4, -0.2) is 54.0 Å². The first-order valence-corrected chi connectivity index (χ1v) is 8.65. The summed E-state index contributed by atoms with van der Waals surface area (Å²) in [6, 6.07) is 0.269. The van der Waals surface area contributed by atoms with E-state index >= 15 is 0 Å². The third-order valence-electron chi connectivity index (χ3n) is 4.50. The van der Waals surface area contributed by atoms with Crippen molar-refractivity contribution in [3.8, 4) is 0 Å². The molecule has 0 aliphatic carbocycles. The predicted octanol–water partition coefficient (Wildman–Crippen LogP) is 3.02. The summed E-state index contributed by atoms with van der Waals surface area (Å²) in [5, 5.41) is 12.4. The van der Waals surface area contributed by atoms with Crippen LogP contribution in [0.1, 0.15) is 61.7 Å². The molecule has 2 N–H and O–H groups in total. The van der Waals surface area contributed by atoms with Gasteiger partial charge in [0.2, 0.25) is 0 Å². The topological polar surface area (TPSA) is 61.8 Å². The van der Waals surface area contributed by atoms with Crippen molar-refractivity contribution in [2.75, 3.05) is 26.3 Å². The monoisotopic (exact) mass is 316 g/mol. The number of aliphatic hydroxyl groups is 1. The molecule has 0 aromatic rings. The van der Waals surface area contributed by atoms with Crippen molar-refractivity contribution in [1.29, 1.82) is 0 Å². The molecule has 2 aliphatic rings. The Morgan fingerprint density at radius 2 is 2.09 bits per heavy atom. The number of hydrogen-bond donors (Lipinski definition) is 2. The second kappa shape index (κ2) is 8.16. The third kappa shape index (κ3) is 4.85. The number of alkyl carbamates (subject to hydrolysis) is 1. The van der Waals surface area contributed by atoms with E-state index in [1.54, 1.807) is 0 Å². The Balaban J connectivity index is 0.00000155. The van der Waals surface area contributed by atoms with Gasteiger partial charge < -0.3 is 15.2 Å². The molecule has 5 nitrogen and oxygen atoms in total. The van der Waals surface area contributed by atoms with Crippen LogP contribution in [0.5, 0.6) is 0 Å². The molecule has 2 atom stereocenters. The number of fused-ring (bicyclic) bond motifs is 1. The number of aliphatic hydroxyl groups excluding tert-OH is 1. The maximum atomic E-state index is 11.7. The SMILES string of the molecule is CC.CC(C)(C)CNC(=O)OCC1CCC2(CO)CCCN12.[HH]. The van der Waals surface area contributed by atoms with E-state index < -0.39 is 0 Å². The van der Waals surface area contributed by atoms with E-state index in [4.69, 9.17) is 4.74 Å². The highest BCUT2D eigenvalue weighted by Gasteiger charge is 2.48. The first-order chi connectivity index (χ1) is 10.4. The number of nitrogens with zero attached hydrogens (tertiary/aromatic N) is 1. The Morgan fingerprint density at radius 3 is 2.68 bits per heavy atom. The minimum atomic E-state index is -0.333. The highest BCUT2D eigenvalue weighted by atomic mass is 16.5. The van der Waals surface area contributed by atoms with Gasteiger partial charge in [-0.1, -0.05) is 34.6 Å². The van der Waals surface area contributed by atoms with Crippen LogP contribution in [0.25, 0.3) is 0 Å². The van der Waals surface area contributed by atoms with Gasteiger partial charge in [0.15, 0.2) is 0 Å². The largest absolute Gasteiger partial charge is 0.448 e. The summed E-state index contributed by atoms with van der Waals surface area (Å²) in [7, 11) is 0. The highest BCUT2D eigenvalue weighted by molar-refractivity contribution is 5.67. The van der Waals surface area contributed by atoms with Gasteiger partial charge in [-0.25, -0.2) is 4.79 Å². The summed E-state index contributed by atoms with van der Waals surface area (Å²) < 4.78 is 5.35. The molecule has 2 unspecified atom stereocenters. The van der Waals surface area contributed by atoms with Crippen LogP contribution in [-0.2, 0) is 4.74 Å². The van der Waals surface area contributed by atoms with Gasteiger partial charge in [-0.15, -0.1) is 0 Å². The molecule has 22 heavy (non-hydrogen) atoms. The summed E-state index contributed by atoms with van der Waals surface area (Å²) in [5.41, 5.74) is 0.0310. The average molecular weight is 316 g/mol. The fourth-order valence-electron chi connectivity index (χ4n) is 3.37. The lowest BCUT2D eigenvalue weighted by Crippen LogP contribution is -2.47. The minimum Gasteiger partial charge on any atom is -0.448 e. The summed E-state index contributed by atoms with van der Waals surface area (Å²) in [5.74, 6) is 0. The fraction of sp³-hybridized carbons (Fsp3) is 0.941. The van der Waals surface area contributed by atoms with Gasteiger partial charge in [0.1, 0.15) is 6.61 Å². The quantitative estimate of drug-likeness (QED) is 0.837. The van der Waals surface area contributed by atoms with Gasteiger partial charge in [-0.2, -0.15) is 0 Å². The first-order valence-electron chi connectivity index (χ1n) is 8.65. The summed E-state index contributed by atoms with van der Waals surface area (Å²) in [6.07, 6.45) is 3.89. The van der Waals surface area contributed by atoms with Gasteiger partial charge in [0.25, 0.3) is 0 Å². The number of nitrogens with one attached hydrogen (secondary N) is 1.